The van der Waals surface area contributed by atoms with Crippen molar-refractivity contribution in [3.05, 3.63) is 51.8 Å². The zero-order valence-corrected chi connectivity index (χ0v) is 13.4. The Kier molecular flexibility index (Phi) is 4.36. The van der Waals surface area contributed by atoms with E-state index in [0.717, 1.165) is 11.1 Å². The number of aryl methyl sites for hydroxylation is 3. The van der Waals surface area contributed by atoms with E-state index in [-0.39, 0.29) is 28.6 Å². The average Bonchev–Trinajstić information content (AvgIpc) is 2.78. The van der Waals surface area contributed by atoms with Crippen LogP contribution >= 0.6 is 0 Å². The number of benzene rings is 1. The Morgan fingerprint density at radius 2 is 1.70 bits per heavy atom. The number of primary amides is 1. The van der Waals surface area contributed by atoms with Gasteiger partial charge in [0.1, 0.15) is 11.3 Å². The maximum Gasteiger partial charge on any atom is 0.258 e. The lowest BCUT2D eigenvalue weighted by Crippen LogP contribution is -2.19. The van der Waals surface area contributed by atoms with E-state index in [1.165, 1.54) is 13.8 Å². The maximum atomic E-state index is 12.3. The average molecular weight is 314 g/mol. The van der Waals surface area contributed by atoms with E-state index in [1.807, 2.05) is 19.9 Å². The van der Waals surface area contributed by atoms with Crippen LogP contribution in [0.15, 0.2) is 22.6 Å². The summed E-state index contributed by atoms with van der Waals surface area (Å²) in [6, 6.07) is 5.23. The molecular weight excluding hydrogens is 296 g/mol. The minimum absolute atomic E-state index is 0.0906. The van der Waals surface area contributed by atoms with Crippen LogP contribution in [-0.2, 0) is 0 Å². The van der Waals surface area contributed by atoms with Gasteiger partial charge in [0.2, 0.25) is 5.88 Å². The lowest BCUT2D eigenvalue weighted by atomic mass is 10.1. The van der Waals surface area contributed by atoms with Gasteiger partial charge in [0, 0.05) is 5.56 Å². The molecule has 1 aromatic heterocycles. The summed E-state index contributed by atoms with van der Waals surface area (Å²) in [5.74, 6) is -1.50. The molecule has 0 aliphatic heterocycles. The van der Waals surface area contributed by atoms with Gasteiger partial charge in [-0.1, -0.05) is 6.07 Å². The number of nitrogens with two attached hydrogens (primary N) is 1. The highest BCUT2D eigenvalue weighted by Crippen LogP contribution is 2.27. The Bertz CT molecular complexity index is 818. The van der Waals surface area contributed by atoms with Gasteiger partial charge in [0.05, 0.1) is 5.56 Å². The van der Waals surface area contributed by atoms with Gasteiger partial charge in [-0.15, -0.1) is 0 Å². The molecule has 0 fully saturated rings. The topological polar surface area (TPSA) is 102 Å². The second-order valence-corrected chi connectivity index (χ2v) is 5.41. The molecule has 1 aromatic carbocycles. The summed E-state index contributed by atoms with van der Waals surface area (Å²) in [4.78, 5) is 35.6. The predicted molar refractivity (Wildman–Crippen MR) is 85.8 cm³/mol. The third-order valence-electron chi connectivity index (χ3n) is 3.68. The fourth-order valence-electron chi connectivity index (χ4n) is 2.35. The Morgan fingerprint density at radius 1 is 1.04 bits per heavy atom. The van der Waals surface area contributed by atoms with Gasteiger partial charge in [-0.3, -0.25) is 19.7 Å². The van der Waals surface area contributed by atoms with Crippen LogP contribution in [0.5, 0.6) is 0 Å². The molecule has 0 aliphatic rings. The van der Waals surface area contributed by atoms with E-state index >= 15 is 0 Å². The first-order chi connectivity index (χ1) is 10.7. The molecular formula is C17H18N2O4. The van der Waals surface area contributed by atoms with Gasteiger partial charge in [0.25, 0.3) is 11.8 Å². The fourth-order valence-corrected chi connectivity index (χ4v) is 2.35. The Hall–Kier alpha value is -2.89. The molecule has 0 saturated carbocycles. The molecule has 2 amide bonds. The highest BCUT2D eigenvalue weighted by molar-refractivity contribution is 6.13. The van der Waals surface area contributed by atoms with Gasteiger partial charge in [-0.25, -0.2) is 0 Å². The van der Waals surface area contributed by atoms with Crippen molar-refractivity contribution in [1.82, 2.24) is 0 Å². The van der Waals surface area contributed by atoms with Crippen LogP contribution in [0.25, 0.3) is 0 Å². The zero-order chi connectivity index (χ0) is 17.3. The standard InChI is InChI=1S/C17H18N2O4/c1-8-5-6-12(7-9(8)2)16(22)19-17-14(15(18)21)13(10(3)20)11(4)23-17/h5-7H,1-4H3,(H2,18,21)(H,19,22). The summed E-state index contributed by atoms with van der Waals surface area (Å²) in [5.41, 5.74) is 7.75. The first kappa shape index (κ1) is 16.5. The smallest absolute Gasteiger partial charge is 0.258 e. The summed E-state index contributed by atoms with van der Waals surface area (Å²) in [6.45, 7) is 6.68. The van der Waals surface area contributed by atoms with Crippen LogP contribution < -0.4 is 11.1 Å². The Morgan fingerprint density at radius 3 is 2.22 bits per heavy atom. The predicted octanol–water partition coefficient (Wildman–Crippen LogP) is 2.76. The van der Waals surface area contributed by atoms with Gasteiger partial charge in [-0.2, -0.15) is 0 Å². The number of ketones is 1. The second kappa shape index (κ2) is 6.08. The van der Waals surface area contributed by atoms with E-state index in [0.29, 0.717) is 5.56 Å². The molecule has 6 heteroatoms. The first-order valence-electron chi connectivity index (χ1n) is 7.05. The van der Waals surface area contributed by atoms with Crippen LogP contribution in [0.3, 0.4) is 0 Å². The van der Waals surface area contributed by atoms with Gasteiger partial charge >= 0.3 is 0 Å². The van der Waals surface area contributed by atoms with E-state index in [1.54, 1.807) is 12.1 Å². The molecule has 0 atom stereocenters. The van der Waals surface area contributed by atoms with Crippen LogP contribution in [0.4, 0.5) is 5.88 Å². The summed E-state index contributed by atoms with van der Waals surface area (Å²) in [5, 5.41) is 2.51. The summed E-state index contributed by atoms with van der Waals surface area (Å²) >= 11 is 0. The second-order valence-electron chi connectivity index (χ2n) is 5.41. The third-order valence-corrected chi connectivity index (χ3v) is 3.68. The van der Waals surface area contributed by atoms with Crippen molar-refractivity contribution in [2.75, 3.05) is 5.32 Å². The molecule has 0 bridgehead atoms. The minimum atomic E-state index is -0.831. The van der Waals surface area contributed by atoms with Crippen LogP contribution in [0.1, 0.15) is 54.9 Å². The van der Waals surface area contributed by atoms with Crippen molar-refractivity contribution < 1.29 is 18.8 Å². The molecule has 0 saturated heterocycles. The van der Waals surface area contributed by atoms with Crippen molar-refractivity contribution >= 4 is 23.5 Å². The number of hydrogen-bond donors (Lipinski definition) is 2. The highest BCUT2D eigenvalue weighted by Gasteiger charge is 2.26. The largest absolute Gasteiger partial charge is 0.444 e. The van der Waals surface area contributed by atoms with Crippen LogP contribution in [0, 0.1) is 20.8 Å². The van der Waals surface area contributed by atoms with Gasteiger partial charge in [0.15, 0.2) is 5.78 Å². The number of hydrogen-bond acceptors (Lipinski definition) is 4. The van der Waals surface area contributed by atoms with Crippen molar-refractivity contribution in [3.8, 4) is 0 Å². The molecule has 0 radical (unpaired) electrons. The normalized spacial score (nSPS) is 10.4. The fraction of sp³-hybridized carbons (Fsp3) is 0.235. The molecule has 3 N–H and O–H groups in total. The van der Waals surface area contributed by atoms with Gasteiger partial charge in [-0.05, 0) is 51.0 Å². The third kappa shape index (κ3) is 3.15. The highest BCUT2D eigenvalue weighted by atomic mass is 16.4. The SMILES string of the molecule is CC(=O)c1c(C)oc(NC(=O)c2ccc(C)c(C)c2)c1C(N)=O. The molecule has 23 heavy (non-hydrogen) atoms. The number of Topliss-reactive ketones (excluding diaryl/α,β-unsaturated/α-hetero) is 1. The number of carbonyl (C=O) groups excluding carboxylic acids is 3. The summed E-state index contributed by atoms with van der Waals surface area (Å²) < 4.78 is 5.36. The van der Waals surface area contributed by atoms with E-state index in [9.17, 15) is 14.4 Å². The lowest BCUT2D eigenvalue weighted by molar-refractivity contribution is 0.0974. The number of amides is 2. The maximum absolute atomic E-state index is 12.3. The number of carbonyl (C=O) groups is 3. The molecule has 6 nitrogen and oxygen atoms in total. The zero-order valence-electron chi connectivity index (χ0n) is 13.4. The number of anilines is 1. The van der Waals surface area contributed by atoms with E-state index in [2.05, 4.69) is 5.32 Å². The van der Waals surface area contributed by atoms with Crippen molar-refractivity contribution in [3.63, 3.8) is 0 Å². The molecule has 120 valence electrons. The molecule has 0 unspecified atom stereocenters. The summed E-state index contributed by atoms with van der Waals surface area (Å²) in [6.07, 6.45) is 0. The van der Waals surface area contributed by atoms with Gasteiger partial charge < -0.3 is 10.2 Å². The lowest BCUT2D eigenvalue weighted by Gasteiger charge is -2.06. The first-order valence-corrected chi connectivity index (χ1v) is 7.05. The van der Waals surface area contributed by atoms with Crippen LogP contribution in [0.2, 0.25) is 0 Å². The quantitative estimate of drug-likeness (QED) is 0.847. The minimum Gasteiger partial charge on any atom is -0.444 e. The van der Waals surface area contributed by atoms with Crippen LogP contribution in [-0.4, -0.2) is 17.6 Å². The number of nitrogens with one attached hydrogen (secondary N) is 1. The van der Waals surface area contributed by atoms with Crippen molar-refractivity contribution in [2.24, 2.45) is 5.73 Å². The molecule has 2 rings (SSSR count). The molecule has 0 spiro atoms. The Labute approximate surface area is 133 Å². The molecule has 1 heterocycles. The van der Waals surface area contributed by atoms with Crippen molar-refractivity contribution in [1.29, 1.82) is 0 Å². The number of furan rings is 1. The Balaban J connectivity index is 2.41. The summed E-state index contributed by atoms with van der Waals surface area (Å²) in [7, 11) is 0. The monoisotopic (exact) mass is 314 g/mol. The number of rotatable bonds is 4. The molecule has 0 aliphatic carbocycles. The van der Waals surface area contributed by atoms with E-state index in [4.69, 9.17) is 10.2 Å². The van der Waals surface area contributed by atoms with Crippen molar-refractivity contribution in [2.45, 2.75) is 27.7 Å². The van der Waals surface area contributed by atoms with E-state index < -0.39 is 11.8 Å². The molecule has 2 aromatic rings.